The molecule has 12 heteroatoms. The van der Waals surface area contributed by atoms with Crippen molar-refractivity contribution in [3.8, 4) is 22.8 Å². The lowest BCUT2D eigenvalue weighted by Gasteiger charge is -2.07. The molecule has 0 aliphatic heterocycles. The van der Waals surface area contributed by atoms with Crippen LogP contribution in [0.25, 0.3) is 11.3 Å². The molecule has 5 N–H and O–H groups in total. The van der Waals surface area contributed by atoms with Crippen LogP contribution < -0.4 is 10.6 Å². The van der Waals surface area contributed by atoms with E-state index in [4.69, 9.17) is 14.4 Å². The fourth-order valence-electron chi connectivity index (χ4n) is 2.55. The normalized spacial score (nSPS) is 10.8. The number of amides is 1. The Kier molecular flexibility index (Phi) is 9.44. The van der Waals surface area contributed by atoms with E-state index in [9.17, 15) is 28.2 Å². The van der Waals surface area contributed by atoms with E-state index in [1.807, 2.05) is 30.3 Å². The molecule has 182 valence electrons. The van der Waals surface area contributed by atoms with Gasteiger partial charge in [0.1, 0.15) is 11.5 Å². The van der Waals surface area contributed by atoms with Crippen molar-refractivity contribution in [1.29, 1.82) is 0 Å². The Balaban J connectivity index is 0.000000509. The molecule has 2 aromatic carbocycles. The van der Waals surface area contributed by atoms with Gasteiger partial charge in [-0.15, -0.1) is 0 Å². The molecule has 0 unspecified atom stereocenters. The molecule has 34 heavy (non-hydrogen) atoms. The zero-order chi connectivity index (χ0) is 25.1. The minimum Gasteiger partial charge on any atom is -0.508 e. The van der Waals surface area contributed by atoms with E-state index in [-0.39, 0.29) is 23.1 Å². The van der Waals surface area contributed by atoms with Gasteiger partial charge in [0, 0.05) is 36.3 Å². The van der Waals surface area contributed by atoms with Gasteiger partial charge in [0.2, 0.25) is 0 Å². The van der Waals surface area contributed by atoms with Gasteiger partial charge < -0.3 is 30.5 Å². The Bertz CT molecular complexity index is 1090. The number of alkyl halides is 3. The van der Waals surface area contributed by atoms with Crippen LogP contribution in [-0.2, 0) is 11.3 Å². The van der Waals surface area contributed by atoms with Gasteiger partial charge in [-0.1, -0.05) is 41.6 Å². The first-order valence-corrected chi connectivity index (χ1v) is 9.90. The van der Waals surface area contributed by atoms with Gasteiger partial charge in [0.25, 0.3) is 5.91 Å². The Hall–Kier alpha value is -4.06. The number of nitrogens with one attached hydrogen (secondary N) is 2. The van der Waals surface area contributed by atoms with Crippen LogP contribution in [0.5, 0.6) is 11.5 Å². The number of phenolic OH excluding ortho intramolecular Hbond substituents is 2. The molecule has 9 nitrogen and oxygen atoms in total. The van der Waals surface area contributed by atoms with E-state index in [0.717, 1.165) is 5.56 Å². The molecular formula is C22H22F3N3O6. The number of aromatic nitrogens is 1. The van der Waals surface area contributed by atoms with E-state index in [2.05, 4.69) is 15.8 Å². The van der Waals surface area contributed by atoms with Crippen molar-refractivity contribution in [2.75, 3.05) is 13.1 Å². The lowest BCUT2D eigenvalue weighted by atomic mass is 10.1. The molecule has 0 saturated carbocycles. The number of aliphatic carboxylic acids is 1. The third-order valence-corrected chi connectivity index (χ3v) is 4.24. The molecular weight excluding hydrogens is 459 g/mol. The number of carbonyl (C=O) groups is 2. The Morgan fingerprint density at radius 2 is 1.68 bits per heavy atom. The van der Waals surface area contributed by atoms with Crippen molar-refractivity contribution in [2.24, 2.45) is 0 Å². The second-order valence-corrected chi connectivity index (χ2v) is 6.84. The van der Waals surface area contributed by atoms with Gasteiger partial charge in [-0.25, -0.2) is 4.79 Å². The zero-order valence-corrected chi connectivity index (χ0v) is 17.7. The summed E-state index contributed by atoms with van der Waals surface area (Å²) in [5, 5.41) is 35.9. The number of nitrogens with zero attached hydrogens (tertiary/aromatic N) is 1. The summed E-state index contributed by atoms with van der Waals surface area (Å²) in [5.41, 5.74) is 1.81. The summed E-state index contributed by atoms with van der Waals surface area (Å²) in [6.45, 7) is 1.62. The predicted octanol–water partition coefficient (Wildman–Crippen LogP) is 3.30. The highest BCUT2D eigenvalue weighted by Crippen LogP contribution is 2.22. The van der Waals surface area contributed by atoms with Crippen LogP contribution in [0.2, 0.25) is 0 Å². The standard InChI is InChI=1S/C20H21N3O4.C2HF3O2/c24-16-8-7-15(18(25)11-16)13-21-9-4-10-22-20(26)17-12-19(27-23-17)14-5-2-1-3-6-14;3-2(4,5)1(6)7/h1-3,5-8,11-12,21,24-25H,4,9-10,13H2,(H,22,26);(H,6,7). The van der Waals surface area contributed by atoms with Crippen molar-refractivity contribution in [2.45, 2.75) is 19.1 Å². The van der Waals surface area contributed by atoms with Crippen molar-refractivity contribution >= 4 is 11.9 Å². The first-order valence-electron chi connectivity index (χ1n) is 9.90. The molecule has 0 spiro atoms. The number of carboxylic acid groups (broad SMARTS) is 1. The number of benzene rings is 2. The summed E-state index contributed by atoms with van der Waals surface area (Å²) in [5.74, 6) is -2.40. The molecule has 0 atom stereocenters. The maximum atomic E-state index is 12.1. The summed E-state index contributed by atoms with van der Waals surface area (Å²) < 4.78 is 37.0. The van der Waals surface area contributed by atoms with Crippen LogP contribution in [-0.4, -0.2) is 51.6 Å². The molecule has 1 amide bonds. The fourth-order valence-corrected chi connectivity index (χ4v) is 2.55. The Morgan fingerprint density at radius 1 is 1.00 bits per heavy atom. The van der Waals surface area contributed by atoms with Gasteiger partial charge in [0.05, 0.1) is 0 Å². The minimum absolute atomic E-state index is 0.0299. The Labute approximate surface area is 191 Å². The summed E-state index contributed by atoms with van der Waals surface area (Å²) >= 11 is 0. The molecule has 3 rings (SSSR count). The number of phenols is 2. The van der Waals surface area contributed by atoms with Crippen LogP contribution >= 0.6 is 0 Å². The van der Waals surface area contributed by atoms with Gasteiger partial charge in [0.15, 0.2) is 11.5 Å². The number of halogens is 3. The molecule has 3 aromatic rings. The number of carbonyl (C=O) groups excluding carboxylic acids is 1. The summed E-state index contributed by atoms with van der Waals surface area (Å²) in [6.07, 6.45) is -4.37. The molecule has 0 radical (unpaired) electrons. The van der Waals surface area contributed by atoms with Crippen LogP contribution in [0.15, 0.2) is 59.1 Å². The molecule has 1 heterocycles. The summed E-state index contributed by atoms with van der Waals surface area (Å²) in [4.78, 5) is 21.0. The first kappa shape index (κ1) is 26.2. The second-order valence-electron chi connectivity index (χ2n) is 6.84. The highest BCUT2D eigenvalue weighted by atomic mass is 19.4. The van der Waals surface area contributed by atoms with Crippen LogP contribution in [0.3, 0.4) is 0 Å². The smallest absolute Gasteiger partial charge is 0.490 e. The minimum atomic E-state index is -5.08. The molecule has 1 aromatic heterocycles. The SMILES string of the molecule is O=C(NCCCNCc1ccc(O)cc1O)c1cc(-c2ccccc2)on1.O=C(O)C(F)(F)F. The predicted molar refractivity (Wildman–Crippen MR) is 114 cm³/mol. The largest absolute Gasteiger partial charge is 0.508 e. The second kappa shape index (κ2) is 12.3. The molecule has 0 fully saturated rings. The molecule has 0 aliphatic carbocycles. The van der Waals surface area contributed by atoms with E-state index in [1.54, 1.807) is 12.1 Å². The van der Waals surface area contributed by atoms with Gasteiger partial charge in [-0.2, -0.15) is 13.2 Å². The van der Waals surface area contributed by atoms with E-state index in [1.165, 1.54) is 12.1 Å². The lowest BCUT2D eigenvalue weighted by molar-refractivity contribution is -0.192. The van der Waals surface area contributed by atoms with Crippen molar-refractivity contribution in [3.05, 3.63) is 65.9 Å². The van der Waals surface area contributed by atoms with Gasteiger partial charge >= 0.3 is 12.1 Å². The Morgan fingerprint density at radius 3 is 2.29 bits per heavy atom. The fraction of sp³-hybridized carbons (Fsp3) is 0.227. The quantitative estimate of drug-likeness (QED) is 0.308. The lowest BCUT2D eigenvalue weighted by Crippen LogP contribution is -2.27. The number of aromatic hydroxyl groups is 2. The highest BCUT2D eigenvalue weighted by Gasteiger charge is 2.38. The number of carboxylic acids is 1. The third kappa shape index (κ3) is 8.47. The van der Waals surface area contributed by atoms with Crippen molar-refractivity contribution in [3.63, 3.8) is 0 Å². The van der Waals surface area contributed by atoms with Crippen LogP contribution in [0.1, 0.15) is 22.5 Å². The highest BCUT2D eigenvalue weighted by molar-refractivity contribution is 5.93. The zero-order valence-electron chi connectivity index (χ0n) is 17.7. The van der Waals surface area contributed by atoms with Gasteiger partial charge in [-0.05, 0) is 19.0 Å². The van der Waals surface area contributed by atoms with E-state index < -0.39 is 12.1 Å². The van der Waals surface area contributed by atoms with Gasteiger partial charge in [-0.3, -0.25) is 4.79 Å². The molecule has 0 bridgehead atoms. The van der Waals surface area contributed by atoms with Crippen molar-refractivity contribution < 1.29 is 42.6 Å². The van der Waals surface area contributed by atoms with Crippen molar-refractivity contribution in [1.82, 2.24) is 15.8 Å². The average molecular weight is 481 g/mol. The van der Waals surface area contributed by atoms with E-state index >= 15 is 0 Å². The maximum absolute atomic E-state index is 12.1. The van der Waals surface area contributed by atoms with Crippen LogP contribution in [0.4, 0.5) is 13.2 Å². The van der Waals surface area contributed by atoms with E-state index in [0.29, 0.717) is 37.4 Å². The monoisotopic (exact) mass is 481 g/mol. The molecule has 0 saturated heterocycles. The summed E-state index contributed by atoms with van der Waals surface area (Å²) in [7, 11) is 0. The third-order valence-electron chi connectivity index (χ3n) is 4.24. The topological polar surface area (TPSA) is 145 Å². The number of hydrogen-bond donors (Lipinski definition) is 5. The van der Waals surface area contributed by atoms with Crippen LogP contribution in [0, 0.1) is 0 Å². The number of rotatable bonds is 8. The number of hydrogen-bond acceptors (Lipinski definition) is 7. The summed E-state index contributed by atoms with van der Waals surface area (Å²) in [6, 6.07) is 15.6. The molecule has 0 aliphatic rings. The first-order chi connectivity index (χ1) is 16.1. The maximum Gasteiger partial charge on any atom is 0.490 e. The average Bonchev–Trinajstić information content (AvgIpc) is 3.28.